The number of hydrogen-bond donors (Lipinski definition) is 1. The van der Waals surface area contributed by atoms with E-state index in [9.17, 15) is 0 Å². The first-order chi connectivity index (χ1) is 5.40. The number of hydrogen-bond acceptors (Lipinski definition) is 3. The molecule has 3 nitrogen and oxygen atoms in total. The summed E-state index contributed by atoms with van der Waals surface area (Å²) in [6, 6.07) is 3.95. The molecule has 0 aromatic carbocycles. The van der Waals surface area contributed by atoms with Gasteiger partial charge in [-0.05, 0) is 5.56 Å². The highest BCUT2D eigenvalue weighted by Crippen LogP contribution is 2.16. The van der Waals surface area contributed by atoms with Crippen molar-refractivity contribution in [3.8, 4) is 5.88 Å². The van der Waals surface area contributed by atoms with Crippen LogP contribution in [0.15, 0.2) is 12.1 Å². The average Bonchev–Trinajstić information content (AvgIpc) is 2.50. The zero-order valence-corrected chi connectivity index (χ0v) is 6.42. The van der Waals surface area contributed by atoms with Gasteiger partial charge in [-0.1, -0.05) is 6.07 Å². The van der Waals surface area contributed by atoms with Crippen molar-refractivity contribution in [1.82, 2.24) is 10.3 Å². The van der Waals surface area contributed by atoms with Crippen molar-refractivity contribution in [2.45, 2.75) is 13.1 Å². The van der Waals surface area contributed by atoms with Gasteiger partial charge in [0.1, 0.15) is 0 Å². The van der Waals surface area contributed by atoms with Crippen LogP contribution in [0.3, 0.4) is 0 Å². The maximum Gasteiger partial charge on any atom is 0.213 e. The van der Waals surface area contributed by atoms with Gasteiger partial charge in [-0.15, -0.1) is 0 Å². The van der Waals surface area contributed by atoms with E-state index in [-0.39, 0.29) is 0 Å². The molecule has 1 N–H and O–H groups in total. The van der Waals surface area contributed by atoms with Crippen molar-refractivity contribution in [2.24, 2.45) is 0 Å². The molecule has 0 spiro atoms. The number of aromatic nitrogens is 1. The lowest BCUT2D eigenvalue weighted by Crippen LogP contribution is -2.00. The van der Waals surface area contributed by atoms with E-state index in [2.05, 4.69) is 16.4 Å². The van der Waals surface area contributed by atoms with Crippen LogP contribution >= 0.6 is 0 Å². The predicted octanol–water partition coefficient (Wildman–Crippen LogP) is 0.693. The van der Waals surface area contributed by atoms with E-state index in [0.717, 1.165) is 18.8 Å². The van der Waals surface area contributed by atoms with Crippen molar-refractivity contribution >= 4 is 0 Å². The fraction of sp³-hybridized carbons (Fsp3) is 0.375. The topological polar surface area (TPSA) is 34.1 Å². The molecule has 0 fully saturated rings. The number of rotatable bonds is 1. The molecule has 0 amide bonds. The van der Waals surface area contributed by atoms with E-state index in [1.54, 1.807) is 7.11 Å². The molecular formula is C8H10N2O. The van der Waals surface area contributed by atoms with Crippen LogP contribution in [0.5, 0.6) is 5.88 Å². The highest BCUT2D eigenvalue weighted by molar-refractivity contribution is 5.28. The Kier molecular flexibility index (Phi) is 1.51. The normalized spacial score (nSPS) is 14.6. The number of nitrogens with zero attached hydrogens (tertiary/aromatic N) is 1. The first-order valence-corrected chi connectivity index (χ1v) is 3.63. The molecule has 0 saturated carbocycles. The monoisotopic (exact) mass is 150 g/mol. The van der Waals surface area contributed by atoms with E-state index in [1.165, 1.54) is 5.56 Å². The molecule has 0 aliphatic carbocycles. The zero-order valence-electron chi connectivity index (χ0n) is 6.42. The lowest BCUT2D eigenvalue weighted by atomic mass is 10.2. The first-order valence-electron chi connectivity index (χ1n) is 3.63. The second-order valence-electron chi connectivity index (χ2n) is 2.56. The summed E-state index contributed by atoms with van der Waals surface area (Å²) in [5.74, 6) is 0.701. The average molecular weight is 150 g/mol. The van der Waals surface area contributed by atoms with E-state index >= 15 is 0 Å². The molecule has 0 bridgehead atoms. The smallest absolute Gasteiger partial charge is 0.213 e. The molecule has 58 valence electrons. The van der Waals surface area contributed by atoms with Gasteiger partial charge in [0, 0.05) is 19.2 Å². The van der Waals surface area contributed by atoms with Crippen LogP contribution in [-0.2, 0) is 13.1 Å². The predicted molar refractivity (Wildman–Crippen MR) is 41.3 cm³/mol. The Morgan fingerprint density at radius 3 is 3.18 bits per heavy atom. The molecule has 2 rings (SSSR count). The number of fused-ring (bicyclic) bond motifs is 1. The number of methoxy groups -OCH3 is 1. The molecular weight excluding hydrogens is 140 g/mol. The fourth-order valence-corrected chi connectivity index (χ4v) is 1.25. The molecule has 0 saturated heterocycles. The van der Waals surface area contributed by atoms with E-state index in [0.29, 0.717) is 5.88 Å². The van der Waals surface area contributed by atoms with Gasteiger partial charge in [-0.2, -0.15) is 0 Å². The van der Waals surface area contributed by atoms with Crippen LogP contribution in [-0.4, -0.2) is 12.1 Å². The minimum absolute atomic E-state index is 0.701. The third kappa shape index (κ3) is 1.07. The summed E-state index contributed by atoms with van der Waals surface area (Å²) in [7, 11) is 1.64. The van der Waals surface area contributed by atoms with Crippen LogP contribution in [0.4, 0.5) is 0 Å². The molecule has 1 aromatic heterocycles. The van der Waals surface area contributed by atoms with Gasteiger partial charge in [0.15, 0.2) is 0 Å². The van der Waals surface area contributed by atoms with Gasteiger partial charge in [-0.3, -0.25) is 0 Å². The molecule has 2 heterocycles. The number of pyridine rings is 1. The number of ether oxygens (including phenoxy) is 1. The Bertz CT molecular complexity index is 273. The Labute approximate surface area is 65.4 Å². The number of nitrogens with one attached hydrogen (secondary N) is 1. The Morgan fingerprint density at radius 2 is 2.36 bits per heavy atom. The third-order valence-corrected chi connectivity index (χ3v) is 1.86. The summed E-state index contributed by atoms with van der Waals surface area (Å²) >= 11 is 0. The van der Waals surface area contributed by atoms with Crippen LogP contribution in [0.2, 0.25) is 0 Å². The standard InChI is InChI=1S/C8H10N2O/c1-11-8-3-2-6-4-9-5-7(6)10-8/h2-3,9H,4-5H2,1H3. The fourth-order valence-electron chi connectivity index (χ4n) is 1.25. The highest BCUT2D eigenvalue weighted by Gasteiger charge is 2.11. The van der Waals surface area contributed by atoms with E-state index in [1.807, 2.05) is 6.07 Å². The van der Waals surface area contributed by atoms with Crippen molar-refractivity contribution in [3.63, 3.8) is 0 Å². The summed E-state index contributed by atoms with van der Waals surface area (Å²) in [5, 5.41) is 3.22. The molecule has 11 heavy (non-hydrogen) atoms. The molecule has 1 aliphatic heterocycles. The summed E-state index contributed by atoms with van der Waals surface area (Å²) in [4.78, 5) is 4.29. The van der Waals surface area contributed by atoms with Crippen LogP contribution < -0.4 is 10.1 Å². The van der Waals surface area contributed by atoms with Crippen molar-refractivity contribution in [1.29, 1.82) is 0 Å². The SMILES string of the molecule is COc1ccc2c(n1)CNC2. The third-order valence-electron chi connectivity index (χ3n) is 1.86. The first kappa shape index (κ1) is 6.61. The summed E-state index contributed by atoms with van der Waals surface area (Å²) in [6.07, 6.45) is 0. The summed E-state index contributed by atoms with van der Waals surface area (Å²) in [6.45, 7) is 1.80. The van der Waals surface area contributed by atoms with Gasteiger partial charge in [0.2, 0.25) is 5.88 Å². The van der Waals surface area contributed by atoms with Gasteiger partial charge >= 0.3 is 0 Å². The Morgan fingerprint density at radius 1 is 1.45 bits per heavy atom. The van der Waals surface area contributed by atoms with Crippen molar-refractivity contribution in [3.05, 3.63) is 23.4 Å². The molecule has 0 radical (unpaired) electrons. The van der Waals surface area contributed by atoms with Crippen LogP contribution in [0.25, 0.3) is 0 Å². The molecule has 0 atom stereocenters. The quantitative estimate of drug-likeness (QED) is 0.639. The minimum atomic E-state index is 0.701. The molecule has 1 aliphatic rings. The summed E-state index contributed by atoms with van der Waals surface area (Å²) in [5.41, 5.74) is 2.40. The van der Waals surface area contributed by atoms with Crippen LogP contribution in [0, 0.1) is 0 Å². The second kappa shape index (κ2) is 2.51. The maximum absolute atomic E-state index is 5.00. The lowest BCUT2D eigenvalue weighted by molar-refractivity contribution is 0.396. The molecule has 1 aromatic rings. The second-order valence-corrected chi connectivity index (χ2v) is 2.56. The van der Waals surface area contributed by atoms with Crippen molar-refractivity contribution < 1.29 is 4.74 Å². The molecule has 0 unspecified atom stereocenters. The highest BCUT2D eigenvalue weighted by atomic mass is 16.5. The Hall–Kier alpha value is -1.09. The van der Waals surface area contributed by atoms with Crippen LogP contribution in [0.1, 0.15) is 11.3 Å². The lowest BCUT2D eigenvalue weighted by Gasteiger charge is -2.00. The van der Waals surface area contributed by atoms with Crippen molar-refractivity contribution in [2.75, 3.05) is 7.11 Å². The zero-order chi connectivity index (χ0) is 7.68. The van der Waals surface area contributed by atoms with E-state index in [4.69, 9.17) is 4.74 Å². The van der Waals surface area contributed by atoms with Gasteiger partial charge in [-0.25, -0.2) is 4.98 Å². The van der Waals surface area contributed by atoms with E-state index < -0.39 is 0 Å². The minimum Gasteiger partial charge on any atom is -0.481 e. The largest absolute Gasteiger partial charge is 0.481 e. The van der Waals surface area contributed by atoms with Gasteiger partial charge in [0.25, 0.3) is 0 Å². The maximum atomic E-state index is 5.00. The van der Waals surface area contributed by atoms with Gasteiger partial charge < -0.3 is 10.1 Å². The Balaban J connectivity index is 2.41. The molecule has 3 heteroatoms. The summed E-state index contributed by atoms with van der Waals surface area (Å²) < 4.78 is 5.00. The van der Waals surface area contributed by atoms with Gasteiger partial charge in [0.05, 0.1) is 12.8 Å².